The molecule has 0 saturated heterocycles. The van der Waals surface area contributed by atoms with Crippen LogP contribution >= 0.6 is 0 Å². The van der Waals surface area contributed by atoms with Crippen molar-refractivity contribution in [2.45, 2.75) is 39.3 Å². The number of hydrogen-bond donors (Lipinski definition) is 1. The van der Waals surface area contributed by atoms with Gasteiger partial charge in [-0.15, -0.1) is 0 Å². The molecule has 2 unspecified atom stereocenters. The van der Waals surface area contributed by atoms with E-state index in [4.69, 9.17) is 0 Å². The smallest absolute Gasteiger partial charge is 0.0685 e. The van der Waals surface area contributed by atoms with Crippen molar-refractivity contribution in [1.82, 2.24) is 15.1 Å². The van der Waals surface area contributed by atoms with E-state index in [2.05, 4.69) is 71.5 Å². The van der Waals surface area contributed by atoms with Crippen molar-refractivity contribution >= 4 is 0 Å². The van der Waals surface area contributed by atoms with Gasteiger partial charge in [0.05, 0.1) is 17.8 Å². The summed E-state index contributed by atoms with van der Waals surface area (Å²) >= 11 is 0. The minimum atomic E-state index is 0.292. The maximum Gasteiger partial charge on any atom is 0.0685 e. The number of aromatic nitrogens is 2. The van der Waals surface area contributed by atoms with Gasteiger partial charge in [-0.25, -0.2) is 0 Å². The largest absolute Gasteiger partial charge is 0.308 e. The molecule has 2 aromatic rings. The highest BCUT2D eigenvalue weighted by molar-refractivity contribution is 5.20. The number of aryl methyl sites for hydroxylation is 1. The first-order chi connectivity index (χ1) is 9.22. The van der Waals surface area contributed by atoms with Crippen LogP contribution in [-0.4, -0.2) is 16.3 Å². The van der Waals surface area contributed by atoms with Crippen LogP contribution < -0.4 is 5.32 Å². The van der Waals surface area contributed by atoms with E-state index in [9.17, 15) is 0 Å². The van der Waals surface area contributed by atoms with Crippen LogP contribution in [0.15, 0.2) is 42.6 Å². The van der Waals surface area contributed by atoms with Crippen molar-refractivity contribution in [2.24, 2.45) is 0 Å². The Kier molecular flexibility index (Phi) is 4.74. The van der Waals surface area contributed by atoms with Crippen molar-refractivity contribution < 1.29 is 0 Å². The van der Waals surface area contributed by atoms with Gasteiger partial charge in [-0.2, -0.15) is 5.10 Å². The molecule has 0 saturated carbocycles. The Hall–Kier alpha value is -1.61. The van der Waals surface area contributed by atoms with Crippen LogP contribution in [0.3, 0.4) is 0 Å². The van der Waals surface area contributed by atoms with Gasteiger partial charge in [0, 0.05) is 6.20 Å². The fraction of sp³-hybridized carbons (Fsp3) is 0.438. The third-order valence-electron chi connectivity index (χ3n) is 3.41. The van der Waals surface area contributed by atoms with E-state index in [1.807, 2.05) is 6.92 Å². The second-order valence-corrected chi connectivity index (χ2v) is 5.02. The molecule has 0 aliphatic rings. The third kappa shape index (κ3) is 3.44. The molecular weight excluding hydrogens is 234 g/mol. The third-order valence-corrected chi connectivity index (χ3v) is 3.41. The van der Waals surface area contributed by atoms with Gasteiger partial charge in [0.15, 0.2) is 0 Å². The van der Waals surface area contributed by atoms with E-state index in [1.165, 1.54) is 5.56 Å². The standard InChI is InChI=1S/C16H23N3/c1-4-11-17-16(15-8-6-5-7-9-15)14(3)19-12-10-13(2)18-19/h5-10,12,14,16-17H,4,11H2,1-3H3. The molecule has 102 valence electrons. The lowest BCUT2D eigenvalue weighted by atomic mass is 10.0. The SMILES string of the molecule is CCCNC(c1ccccc1)C(C)n1ccc(C)n1. The van der Waals surface area contributed by atoms with E-state index in [0.29, 0.717) is 12.1 Å². The average molecular weight is 257 g/mol. The summed E-state index contributed by atoms with van der Waals surface area (Å²) in [5, 5.41) is 8.17. The molecule has 0 aliphatic carbocycles. The highest BCUT2D eigenvalue weighted by Crippen LogP contribution is 2.25. The second kappa shape index (κ2) is 6.53. The maximum absolute atomic E-state index is 4.54. The lowest BCUT2D eigenvalue weighted by molar-refractivity contribution is 0.353. The predicted octanol–water partition coefficient (Wildman–Crippen LogP) is 3.49. The monoisotopic (exact) mass is 257 g/mol. The number of rotatable bonds is 6. The van der Waals surface area contributed by atoms with Crippen LogP contribution in [0.2, 0.25) is 0 Å². The molecule has 0 spiro atoms. The van der Waals surface area contributed by atoms with Crippen LogP contribution in [0.4, 0.5) is 0 Å². The van der Waals surface area contributed by atoms with E-state index in [0.717, 1.165) is 18.7 Å². The zero-order valence-electron chi connectivity index (χ0n) is 12.0. The molecule has 0 fully saturated rings. The molecule has 2 rings (SSSR count). The first-order valence-corrected chi connectivity index (χ1v) is 7.02. The Bertz CT molecular complexity index is 490. The lowest BCUT2D eigenvalue weighted by Crippen LogP contribution is -2.29. The molecule has 2 atom stereocenters. The molecule has 0 radical (unpaired) electrons. The molecule has 1 heterocycles. The van der Waals surface area contributed by atoms with Gasteiger partial charge in [0.25, 0.3) is 0 Å². The highest BCUT2D eigenvalue weighted by Gasteiger charge is 2.20. The molecule has 0 aliphatic heterocycles. The predicted molar refractivity (Wildman–Crippen MR) is 79.2 cm³/mol. The van der Waals surface area contributed by atoms with E-state index in [1.54, 1.807) is 0 Å². The van der Waals surface area contributed by atoms with Crippen molar-refractivity contribution in [3.8, 4) is 0 Å². The fourth-order valence-electron chi connectivity index (χ4n) is 2.34. The summed E-state index contributed by atoms with van der Waals surface area (Å²) in [4.78, 5) is 0. The average Bonchev–Trinajstić information content (AvgIpc) is 2.87. The van der Waals surface area contributed by atoms with Gasteiger partial charge in [0.1, 0.15) is 0 Å². The highest BCUT2D eigenvalue weighted by atomic mass is 15.3. The summed E-state index contributed by atoms with van der Waals surface area (Å²) in [7, 11) is 0. The Morgan fingerprint density at radius 1 is 1.21 bits per heavy atom. The summed E-state index contributed by atoms with van der Waals surface area (Å²) in [5.74, 6) is 0. The fourth-order valence-corrected chi connectivity index (χ4v) is 2.34. The first kappa shape index (κ1) is 13.8. The Balaban J connectivity index is 2.22. The zero-order valence-corrected chi connectivity index (χ0v) is 12.0. The minimum absolute atomic E-state index is 0.292. The molecule has 1 aromatic heterocycles. The summed E-state index contributed by atoms with van der Waals surface area (Å²) in [6, 6.07) is 13.2. The van der Waals surface area contributed by atoms with Gasteiger partial charge >= 0.3 is 0 Å². The number of benzene rings is 1. The number of nitrogens with one attached hydrogen (secondary N) is 1. The number of nitrogens with zero attached hydrogens (tertiary/aromatic N) is 2. The molecular formula is C16H23N3. The molecule has 0 bridgehead atoms. The van der Waals surface area contributed by atoms with E-state index < -0.39 is 0 Å². The Labute approximate surface area is 115 Å². The number of hydrogen-bond acceptors (Lipinski definition) is 2. The van der Waals surface area contributed by atoms with Crippen molar-refractivity contribution in [3.63, 3.8) is 0 Å². The molecule has 1 aromatic carbocycles. The molecule has 3 nitrogen and oxygen atoms in total. The van der Waals surface area contributed by atoms with Gasteiger partial charge in [0.2, 0.25) is 0 Å². The first-order valence-electron chi connectivity index (χ1n) is 7.02. The quantitative estimate of drug-likeness (QED) is 0.858. The van der Waals surface area contributed by atoms with E-state index in [-0.39, 0.29) is 0 Å². The van der Waals surface area contributed by atoms with Crippen molar-refractivity contribution in [2.75, 3.05) is 6.54 Å². The van der Waals surface area contributed by atoms with Crippen molar-refractivity contribution in [3.05, 3.63) is 53.9 Å². The Morgan fingerprint density at radius 3 is 2.53 bits per heavy atom. The molecule has 0 amide bonds. The van der Waals surface area contributed by atoms with E-state index >= 15 is 0 Å². The van der Waals surface area contributed by atoms with Gasteiger partial charge in [-0.3, -0.25) is 4.68 Å². The van der Waals surface area contributed by atoms with Gasteiger partial charge in [-0.05, 0) is 38.4 Å². The van der Waals surface area contributed by atoms with Crippen LogP contribution in [-0.2, 0) is 0 Å². The topological polar surface area (TPSA) is 29.9 Å². The minimum Gasteiger partial charge on any atom is -0.308 e. The van der Waals surface area contributed by atoms with Crippen molar-refractivity contribution in [1.29, 1.82) is 0 Å². The maximum atomic E-state index is 4.54. The summed E-state index contributed by atoms with van der Waals surface area (Å²) in [6.07, 6.45) is 3.19. The summed E-state index contributed by atoms with van der Waals surface area (Å²) in [6.45, 7) is 7.45. The van der Waals surface area contributed by atoms with Crippen LogP contribution in [0.25, 0.3) is 0 Å². The summed E-state index contributed by atoms with van der Waals surface area (Å²) < 4.78 is 2.05. The normalized spacial score (nSPS) is 14.3. The Morgan fingerprint density at radius 2 is 1.95 bits per heavy atom. The van der Waals surface area contributed by atoms with Crippen LogP contribution in [0, 0.1) is 6.92 Å². The second-order valence-electron chi connectivity index (χ2n) is 5.02. The molecule has 3 heteroatoms. The lowest BCUT2D eigenvalue weighted by Gasteiger charge is -2.26. The summed E-state index contributed by atoms with van der Waals surface area (Å²) in [5.41, 5.74) is 2.38. The van der Waals surface area contributed by atoms with Crippen LogP contribution in [0.1, 0.15) is 43.6 Å². The zero-order chi connectivity index (χ0) is 13.7. The molecule has 19 heavy (non-hydrogen) atoms. The van der Waals surface area contributed by atoms with Gasteiger partial charge < -0.3 is 5.32 Å². The van der Waals surface area contributed by atoms with Gasteiger partial charge in [-0.1, -0.05) is 37.3 Å². The van der Waals surface area contributed by atoms with Crippen LogP contribution in [0.5, 0.6) is 0 Å². The molecule has 1 N–H and O–H groups in total.